The summed E-state index contributed by atoms with van der Waals surface area (Å²) in [7, 11) is 0. The van der Waals surface area contributed by atoms with E-state index in [9.17, 15) is 5.11 Å². The molecule has 0 amide bonds. The third kappa shape index (κ3) is 3.00. The van der Waals surface area contributed by atoms with Gasteiger partial charge in [-0.05, 0) is 48.9 Å². The molecule has 0 radical (unpaired) electrons. The van der Waals surface area contributed by atoms with Crippen molar-refractivity contribution in [2.75, 3.05) is 5.43 Å². The molecule has 1 aromatic heterocycles. The summed E-state index contributed by atoms with van der Waals surface area (Å²) >= 11 is 0. The predicted octanol–water partition coefficient (Wildman–Crippen LogP) is 3.69. The number of hydrazone groups is 1. The molecule has 0 aliphatic carbocycles. The summed E-state index contributed by atoms with van der Waals surface area (Å²) in [6, 6.07) is 16.8. The van der Waals surface area contributed by atoms with Crippen LogP contribution in [0, 0.1) is 6.92 Å². The van der Waals surface area contributed by atoms with Crippen LogP contribution in [0.25, 0.3) is 10.9 Å². The van der Waals surface area contributed by atoms with E-state index in [4.69, 9.17) is 0 Å². The molecule has 0 saturated carbocycles. The Labute approximate surface area is 122 Å². The number of aromatic hydroxyl groups is 1. The highest BCUT2D eigenvalue weighted by atomic mass is 16.3. The lowest BCUT2D eigenvalue weighted by atomic mass is 10.1. The maximum atomic E-state index is 9.24. The summed E-state index contributed by atoms with van der Waals surface area (Å²) in [5.74, 6) is 0.246. The molecule has 0 unspecified atom stereocenters. The Hall–Kier alpha value is -2.88. The first-order valence-electron chi connectivity index (χ1n) is 6.67. The molecular weight excluding hydrogens is 262 g/mol. The second-order valence-electron chi connectivity index (χ2n) is 4.79. The average molecular weight is 277 g/mol. The molecule has 2 N–H and O–H groups in total. The minimum atomic E-state index is 0.246. The topological polar surface area (TPSA) is 57.5 Å². The summed E-state index contributed by atoms with van der Waals surface area (Å²) in [4.78, 5) is 4.49. The standard InChI is InChI=1S/C17H15N3O/c1-12-10-17(15-4-2-3-5-16(15)19-12)20-18-11-13-6-8-14(21)9-7-13/h2-11,21H,1H3,(H,19,20)/b18-11+. The number of nitrogens with zero attached hydrogens (tertiary/aromatic N) is 2. The fourth-order valence-corrected chi connectivity index (χ4v) is 2.14. The second kappa shape index (κ2) is 5.63. The van der Waals surface area contributed by atoms with Crippen molar-refractivity contribution in [3.05, 3.63) is 65.9 Å². The van der Waals surface area contributed by atoms with Gasteiger partial charge in [0.15, 0.2) is 0 Å². The Kier molecular flexibility index (Phi) is 3.51. The van der Waals surface area contributed by atoms with Crippen molar-refractivity contribution in [3.8, 4) is 5.75 Å². The molecule has 0 spiro atoms. The predicted molar refractivity (Wildman–Crippen MR) is 85.8 cm³/mol. The van der Waals surface area contributed by atoms with Gasteiger partial charge in [0, 0.05) is 11.1 Å². The molecular formula is C17H15N3O. The quantitative estimate of drug-likeness (QED) is 0.567. The summed E-state index contributed by atoms with van der Waals surface area (Å²) < 4.78 is 0. The third-order valence-electron chi connectivity index (χ3n) is 3.14. The number of hydrogen-bond donors (Lipinski definition) is 2. The van der Waals surface area contributed by atoms with Crippen LogP contribution in [-0.4, -0.2) is 16.3 Å². The van der Waals surface area contributed by atoms with Gasteiger partial charge in [0.2, 0.25) is 0 Å². The molecule has 104 valence electrons. The van der Waals surface area contributed by atoms with Gasteiger partial charge < -0.3 is 5.11 Å². The smallest absolute Gasteiger partial charge is 0.115 e. The van der Waals surface area contributed by atoms with Crippen molar-refractivity contribution in [2.45, 2.75) is 6.92 Å². The van der Waals surface area contributed by atoms with E-state index in [-0.39, 0.29) is 5.75 Å². The van der Waals surface area contributed by atoms with Crippen molar-refractivity contribution in [1.82, 2.24) is 4.98 Å². The Morgan fingerprint density at radius 2 is 1.86 bits per heavy atom. The van der Waals surface area contributed by atoms with Gasteiger partial charge in [0.05, 0.1) is 17.4 Å². The zero-order valence-electron chi connectivity index (χ0n) is 11.6. The summed E-state index contributed by atoms with van der Waals surface area (Å²) in [5.41, 5.74) is 6.78. The van der Waals surface area contributed by atoms with Gasteiger partial charge >= 0.3 is 0 Å². The first-order valence-corrected chi connectivity index (χ1v) is 6.67. The molecule has 4 heteroatoms. The highest BCUT2D eigenvalue weighted by molar-refractivity contribution is 5.92. The van der Waals surface area contributed by atoms with E-state index < -0.39 is 0 Å². The van der Waals surface area contributed by atoms with Crippen molar-refractivity contribution in [2.24, 2.45) is 5.10 Å². The molecule has 4 nitrogen and oxygen atoms in total. The van der Waals surface area contributed by atoms with Gasteiger partial charge in [-0.15, -0.1) is 0 Å². The van der Waals surface area contributed by atoms with Crippen LogP contribution in [0.15, 0.2) is 59.7 Å². The molecule has 0 aliphatic heterocycles. The lowest BCUT2D eigenvalue weighted by molar-refractivity contribution is 0.475. The highest BCUT2D eigenvalue weighted by Gasteiger charge is 2.02. The van der Waals surface area contributed by atoms with Crippen LogP contribution < -0.4 is 5.43 Å². The summed E-state index contributed by atoms with van der Waals surface area (Å²) in [6.45, 7) is 1.96. The molecule has 2 aromatic carbocycles. The first kappa shape index (κ1) is 13.1. The highest BCUT2D eigenvalue weighted by Crippen LogP contribution is 2.22. The maximum Gasteiger partial charge on any atom is 0.115 e. The number of rotatable bonds is 3. The lowest BCUT2D eigenvalue weighted by Gasteiger charge is -2.06. The van der Waals surface area contributed by atoms with Crippen molar-refractivity contribution in [3.63, 3.8) is 0 Å². The van der Waals surface area contributed by atoms with E-state index >= 15 is 0 Å². The molecule has 3 rings (SSSR count). The molecule has 0 atom stereocenters. The number of fused-ring (bicyclic) bond motifs is 1. The van der Waals surface area contributed by atoms with Crippen LogP contribution in [0.5, 0.6) is 5.75 Å². The van der Waals surface area contributed by atoms with Crippen molar-refractivity contribution in [1.29, 1.82) is 0 Å². The molecule has 21 heavy (non-hydrogen) atoms. The number of benzene rings is 2. The number of nitrogens with one attached hydrogen (secondary N) is 1. The number of para-hydroxylation sites is 1. The van der Waals surface area contributed by atoms with E-state index in [0.29, 0.717) is 0 Å². The zero-order valence-corrected chi connectivity index (χ0v) is 11.6. The minimum Gasteiger partial charge on any atom is -0.508 e. The second-order valence-corrected chi connectivity index (χ2v) is 4.79. The number of aromatic nitrogens is 1. The van der Waals surface area contributed by atoms with E-state index in [0.717, 1.165) is 27.8 Å². The number of phenolic OH excluding ortho intramolecular Hbond substituents is 1. The average Bonchev–Trinajstić information content (AvgIpc) is 2.49. The summed E-state index contributed by atoms with van der Waals surface area (Å²) in [5, 5.41) is 14.5. The maximum absolute atomic E-state index is 9.24. The van der Waals surface area contributed by atoms with Gasteiger partial charge in [-0.1, -0.05) is 18.2 Å². The largest absolute Gasteiger partial charge is 0.508 e. The van der Waals surface area contributed by atoms with Crippen LogP contribution in [-0.2, 0) is 0 Å². The first-order chi connectivity index (χ1) is 10.2. The van der Waals surface area contributed by atoms with E-state index in [2.05, 4.69) is 15.5 Å². The zero-order chi connectivity index (χ0) is 14.7. The Balaban J connectivity index is 1.86. The Morgan fingerprint density at radius 1 is 1.10 bits per heavy atom. The number of phenols is 1. The van der Waals surface area contributed by atoms with Crippen LogP contribution in [0.4, 0.5) is 5.69 Å². The molecule has 0 fully saturated rings. The molecule has 0 saturated heterocycles. The lowest BCUT2D eigenvalue weighted by Crippen LogP contribution is -1.94. The monoisotopic (exact) mass is 277 g/mol. The Bertz CT molecular complexity index is 795. The number of aryl methyl sites for hydroxylation is 1. The molecule has 0 bridgehead atoms. The number of hydrogen-bond acceptors (Lipinski definition) is 4. The van der Waals surface area contributed by atoms with Gasteiger partial charge in [0.1, 0.15) is 5.75 Å². The van der Waals surface area contributed by atoms with Crippen molar-refractivity contribution < 1.29 is 5.11 Å². The number of anilines is 1. The Morgan fingerprint density at radius 3 is 2.67 bits per heavy atom. The third-order valence-corrected chi connectivity index (χ3v) is 3.14. The van der Waals surface area contributed by atoms with Crippen LogP contribution in [0.2, 0.25) is 0 Å². The fraction of sp³-hybridized carbons (Fsp3) is 0.0588. The van der Waals surface area contributed by atoms with Crippen LogP contribution in [0.3, 0.4) is 0 Å². The SMILES string of the molecule is Cc1cc(N/N=C/c2ccc(O)cc2)c2ccccc2n1. The summed E-state index contributed by atoms with van der Waals surface area (Å²) in [6.07, 6.45) is 1.71. The minimum absolute atomic E-state index is 0.246. The number of pyridine rings is 1. The molecule has 0 aliphatic rings. The van der Waals surface area contributed by atoms with Gasteiger partial charge in [0.25, 0.3) is 0 Å². The van der Waals surface area contributed by atoms with E-state index in [1.807, 2.05) is 37.3 Å². The van der Waals surface area contributed by atoms with Gasteiger partial charge in [-0.25, -0.2) is 0 Å². The van der Waals surface area contributed by atoms with Crippen molar-refractivity contribution >= 4 is 22.8 Å². The molecule has 3 aromatic rings. The molecule has 1 heterocycles. The fourth-order valence-electron chi connectivity index (χ4n) is 2.14. The van der Waals surface area contributed by atoms with Crippen LogP contribution >= 0.6 is 0 Å². The van der Waals surface area contributed by atoms with Gasteiger partial charge in [-0.2, -0.15) is 5.10 Å². The van der Waals surface area contributed by atoms with Gasteiger partial charge in [-0.3, -0.25) is 10.4 Å². The van der Waals surface area contributed by atoms with Crippen LogP contribution in [0.1, 0.15) is 11.3 Å². The normalized spacial score (nSPS) is 11.1. The van der Waals surface area contributed by atoms with E-state index in [1.54, 1.807) is 30.5 Å². The van der Waals surface area contributed by atoms with E-state index in [1.165, 1.54) is 0 Å².